The van der Waals surface area contributed by atoms with Crippen molar-refractivity contribution in [1.82, 2.24) is 4.90 Å². The molecule has 0 bridgehead atoms. The third-order valence-electron chi connectivity index (χ3n) is 2.21. The van der Waals surface area contributed by atoms with Crippen molar-refractivity contribution in [2.24, 2.45) is 0 Å². The Morgan fingerprint density at radius 1 is 1.40 bits per heavy atom. The third-order valence-corrected chi connectivity index (χ3v) is 2.21. The highest BCUT2D eigenvalue weighted by atomic mass is 16.2. The molecule has 2 heterocycles. The van der Waals surface area contributed by atoms with Gasteiger partial charge < -0.3 is 4.90 Å². The summed E-state index contributed by atoms with van der Waals surface area (Å²) in [5.41, 5.74) is 1.27. The fraction of sp³-hybridized carbons (Fsp3) is 0.625. The van der Waals surface area contributed by atoms with Gasteiger partial charge in [0.1, 0.15) is 0 Å². The van der Waals surface area contributed by atoms with Crippen LogP contribution in [0.4, 0.5) is 0 Å². The minimum absolute atomic E-state index is 0.325. The summed E-state index contributed by atoms with van der Waals surface area (Å²) in [6.07, 6.45) is 6.24. The van der Waals surface area contributed by atoms with Gasteiger partial charge in [0.05, 0.1) is 0 Å². The summed E-state index contributed by atoms with van der Waals surface area (Å²) in [6, 6.07) is 0. The van der Waals surface area contributed by atoms with Crippen molar-refractivity contribution in [1.29, 1.82) is 0 Å². The van der Waals surface area contributed by atoms with E-state index in [0.29, 0.717) is 5.91 Å². The number of hydrogen-bond acceptors (Lipinski definition) is 1. The number of fused-ring (bicyclic) bond motifs is 1. The lowest BCUT2D eigenvalue weighted by molar-refractivity contribution is -0.126. The first-order valence-electron chi connectivity index (χ1n) is 3.87. The van der Waals surface area contributed by atoms with Gasteiger partial charge in [-0.2, -0.15) is 0 Å². The Balaban J connectivity index is 2.25. The van der Waals surface area contributed by atoms with Crippen molar-refractivity contribution >= 4 is 5.91 Å². The molecule has 54 valence electrons. The van der Waals surface area contributed by atoms with Crippen LogP contribution in [0.5, 0.6) is 0 Å². The summed E-state index contributed by atoms with van der Waals surface area (Å²) < 4.78 is 0. The van der Waals surface area contributed by atoms with Crippen LogP contribution >= 0.6 is 0 Å². The van der Waals surface area contributed by atoms with Crippen LogP contribution in [0.3, 0.4) is 0 Å². The molecule has 0 aliphatic carbocycles. The molecular weight excluding hydrogens is 126 g/mol. The molecule has 0 radical (unpaired) electrons. The molecule has 0 saturated carbocycles. The minimum Gasteiger partial charge on any atom is -0.317 e. The second kappa shape index (κ2) is 2.11. The average Bonchev–Trinajstić information content (AvgIpc) is 2.34. The van der Waals surface area contributed by atoms with E-state index in [4.69, 9.17) is 0 Å². The van der Waals surface area contributed by atoms with Gasteiger partial charge in [0.2, 0.25) is 5.91 Å². The summed E-state index contributed by atoms with van der Waals surface area (Å²) >= 11 is 0. The molecule has 1 saturated heterocycles. The summed E-state index contributed by atoms with van der Waals surface area (Å²) in [6.45, 7) is 0.963. The van der Waals surface area contributed by atoms with Crippen LogP contribution in [0.15, 0.2) is 11.8 Å². The molecule has 2 rings (SSSR count). The number of allylic oxidation sites excluding steroid dienone is 2. The average molecular weight is 137 g/mol. The van der Waals surface area contributed by atoms with Crippen LogP contribution in [-0.2, 0) is 4.79 Å². The van der Waals surface area contributed by atoms with Crippen LogP contribution < -0.4 is 0 Å². The summed E-state index contributed by atoms with van der Waals surface area (Å²) in [4.78, 5) is 13.0. The van der Waals surface area contributed by atoms with E-state index in [9.17, 15) is 4.79 Å². The van der Waals surface area contributed by atoms with Crippen LogP contribution in [0, 0.1) is 0 Å². The lowest BCUT2D eigenvalue weighted by Gasteiger charge is -2.21. The molecule has 0 aromatic rings. The number of nitrogens with zero attached hydrogens (tertiary/aromatic N) is 1. The van der Waals surface area contributed by atoms with Crippen molar-refractivity contribution in [3.63, 3.8) is 0 Å². The molecule has 0 N–H and O–H groups in total. The van der Waals surface area contributed by atoms with Gasteiger partial charge in [0.15, 0.2) is 0 Å². The fourth-order valence-electron chi connectivity index (χ4n) is 1.66. The molecule has 2 aliphatic rings. The van der Waals surface area contributed by atoms with E-state index in [1.54, 1.807) is 0 Å². The van der Waals surface area contributed by atoms with Gasteiger partial charge in [-0.3, -0.25) is 4.79 Å². The lowest BCUT2D eigenvalue weighted by Crippen LogP contribution is -2.26. The van der Waals surface area contributed by atoms with Crippen molar-refractivity contribution in [2.75, 3.05) is 6.54 Å². The molecule has 10 heavy (non-hydrogen) atoms. The van der Waals surface area contributed by atoms with Crippen molar-refractivity contribution in [3.05, 3.63) is 11.8 Å². The van der Waals surface area contributed by atoms with Gasteiger partial charge >= 0.3 is 0 Å². The number of amides is 1. The standard InChI is InChI=1S/C8H11NO/c10-8-5-4-7-3-1-2-6-9(7)8/h3H,1-2,4-6H2. The summed E-state index contributed by atoms with van der Waals surface area (Å²) in [5.74, 6) is 0.325. The number of rotatable bonds is 0. The Labute approximate surface area is 60.5 Å². The zero-order valence-electron chi connectivity index (χ0n) is 5.97. The largest absolute Gasteiger partial charge is 0.317 e. The highest BCUT2D eigenvalue weighted by Gasteiger charge is 2.26. The number of carbonyl (C=O) groups excluding carboxylic acids is 1. The molecule has 1 amide bonds. The Kier molecular flexibility index (Phi) is 1.26. The van der Waals surface area contributed by atoms with Crippen molar-refractivity contribution in [2.45, 2.75) is 25.7 Å². The van der Waals surface area contributed by atoms with E-state index in [2.05, 4.69) is 6.08 Å². The monoisotopic (exact) mass is 137 g/mol. The van der Waals surface area contributed by atoms with E-state index in [-0.39, 0.29) is 0 Å². The van der Waals surface area contributed by atoms with Gasteiger partial charge in [0.25, 0.3) is 0 Å². The lowest BCUT2D eigenvalue weighted by atomic mass is 10.2. The second-order valence-electron chi connectivity index (χ2n) is 2.88. The van der Waals surface area contributed by atoms with Gasteiger partial charge in [0, 0.05) is 18.7 Å². The molecule has 2 nitrogen and oxygen atoms in total. The molecule has 2 aliphatic heterocycles. The maximum atomic E-state index is 11.1. The second-order valence-corrected chi connectivity index (χ2v) is 2.88. The SMILES string of the molecule is O=C1CCC2=CCCCN12. The molecule has 0 unspecified atom stereocenters. The first kappa shape index (κ1) is 5.96. The predicted octanol–water partition coefficient (Wildman–Crippen LogP) is 1.29. The molecule has 0 spiro atoms. The van der Waals surface area contributed by atoms with Crippen LogP contribution in [0.1, 0.15) is 25.7 Å². The van der Waals surface area contributed by atoms with E-state index in [1.165, 1.54) is 12.1 Å². The van der Waals surface area contributed by atoms with E-state index in [1.807, 2.05) is 4.90 Å². The Morgan fingerprint density at radius 3 is 3.10 bits per heavy atom. The molecule has 1 fully saturated rings. The van der Waals surface area contributed by atoms with Crippen molar-refractivity contribution in [3.8, 4) is 0 Å². The molecule has 0 atom stereocenters. The highest BCUT2D eigenvalue weighted by molar-refractivity contribution is 5.81. The molecular formula is C8H11NO. The van der Waals surface area contributed by atoms with Gasteiger partial charge in [-0.1, -0.05) is 6.08 Å². The molecule has 0 aromatic carbocycles. The van der Waals surface area contributed by atoms with Crippen molar-refractivity contribution < 1.29 is 4.79 Å². The normalized spacial score (nSPS) is 24.6. The first-order chi connectivity index (χ1) is 4.88. The Morgan fingerprint density at radius 2 is 2.30 bits per heavy atom. The fourth-order valence-corrected chi connectivity index (χ4v) is 1.66. The van der Waals surface area contributed by atoms with E-state index >= 15 is 0 Å². The van der Waals surface area contributed by atoms with Gasteiger partial charge in [-0.15, -0.1) is 0 Å². The maximum Gasteiger partial charge on any atom is 0.227 e. The van der Waals surface area contributed by atoms with Crippen LogP contribution in [0.25, 0.3) is 0 Å². The smallest absolute Gasteiger partial charge is 0.227 e. The third kappa shape index (κ3) is 0.753. The minimum atomic E-state index is 0.325. The van der Waals surface area contributed by atoms with E-state index in [0.717, 1.165) is 25.8 Å². The topological polar surface area (TPSA) is 20.3 Å². The van der Waals surface area contributed by atoms with E-state index < -0.39 is 0 Å². The molecule has 2 heteroatoms. The highest BCUT2D eigenvalue weighted by Crippen LogP contribution is 2.26. The Hall–Kier alpha value is -0.790. The number of carbonyl (C=O) groups is 1. The maximum absolute atomic E-state index is 11.1. The zero-order valence-corrected chi connectivity index (χ0v) is 5.97. The molecule has 0 aromatic heterocycles. The quantitative estimate of drug-likeness (QED) is 0.492. The Bertz CT molecular complexity index is 195. The summed E-state index contributed by atoms with van der Waals surface area (Å²) in [5, 5.41) is 0. The predicted molar refractivity (Wildman–Crippen MR) is 38.3 cm³/mol. The number of hydrogen-bond donors (Lipinski definition) is 0. The van der Waals surface area contributed by atoms with Crippen LogP contribution in [0.2, 0.25) is 0 Å². The van der Waals surface area contributed by atoms with Gasteiger partial charge in [-0.25, -0.2) is 0 Å². The summed E-state index contributed by atoms with van der Waals surface area (Å²) in [7, 11) is 0. The van der Waals surface area contributed by atoms with Gasteiger partial charge in [-0.05, 0) is 19.3 Å². The zero-order chi connectivity index (χ0) is 6.97. The van der Waals surface area contributed by atoms with Crippen LogP contribution in [-0.4, -0.2) is 17.4 Å². The first-order valence-corrected chi connectivity index (χ1v) is 3.87.